The Hall–Kier alpha value is -2.30. The Kier molecular flexibility index (Phi) is 8.16. The van der Waals surface area contributed by atoms with E-state index in [4.69, 9.17) is 16.3 Å². The van der Waals surface area contributed by atoms with E-state index in [0.29, 0.717) is 23.1 Å². The summed E-state index contributed by atoms with van der Waals surface area (Å²) in [7, 11) is 5.80. The standard InChI is InChI=1S/C22H25ClIN5O2/c1-28(2)10-11-31-20-9-8-17(12-18(20)21-19(23)14-25-29(21)3)27-22(30)26-16-6-4-15(13-24)5-7-16/h4-9,12,14H,10-11,13H2,1-3H3,(H2,26,27,30). The fourth-order valence-electron chi connectivity index (χ4n) is 2.94. The highest BCUT2D eigenvalue weighted by atomic mass is 127. The summed E-state index contributed by atoms with van der Waals surface area (Å²) in [6.45, 7) is 1.30. The number of alkyl halides is 1. The van der Waals surface area contributed by atoms with Crippen LogP contribution in [0.3, 0.4) is 0 Å². The number of hydrogen-bond acceptors (Lipinski definition) is 4. The van der Waals surface area contributed by atoms with Gasteiger partial charge in [0.05, 0.1) is 16.9 Å². The predicted molar refractivity (Wildman–Crippen MR) is 135 cm³/mol. The van der Waals surface area contributed by atoms with Crippen LogP contribution in [0.25, 0.3) is 11.3 Å². The Morgan fingerprint density at radius 3 is 2.45 bits per heavy atom. The van der Waals surface area contributed by atoms with E-state index in [1.165, 1.54) is 5.56 Å². The summed E-state index contributed by atoms with van der Waals surface area (Å²) in [6, 6.07) is 12.9. The maximum Gasteiger partial charge on any atom is 0.323 e. The molecule has 1 aromatic heterocycles. The number of aromatic nitrogens is 2. The van der Waals surface area contributed by atoms with Gasteiger partial charge in [-0.15, -0.1) is 0 Å². The van der Waals surface area contributed by atoms with E-state index in [2.05, 4.69) is 38.3 Å². The van der Waals surface area contributed by atoms with Gasteiger partial charge in [-0.2, -0.15) is 5.10 Å². The number of halogens is 2. The second-order valence-electron chi connectivity index (χ2n) is 7.24. The van der Waals surface area contributed by atoms with Crippen LogP contribution in [0.5, 0.6) is 5.75 Å². The number of likely N-dealkylation sites (N-methyl/N-ethyl adjacent to an activating group) is 1. The molecule has 0 aliphatic heterocycles. The maximum atomic E-state index is 12.5. The maximum absolute atomic E-state index is 12.5. The summed E-state index contributed by atoms with van der Waals surface area (Å²) >= 11 is 8.68. The molecule has 7 nitrogen and oxygen atoms in total. The van der Waals surface area contributed by atoms with Crippen LogP contribution in [0.15, 0.2) is 48.7 Å². The van der Waals surface area contributed by atoms with Gasteiger partial charge in [0, 0.05) is 35.0 Å². The van der Waals surface area contributed by atoms with Gasteiger partial charge in [-0.3, -0.25) is 4.68 Å². The van der Waals surface area contributed by atoms with Crippen molar-refractivity contribution in [3.05, 3.63) is 59.2 Å². The lowest BCUT2D eigenvalue weighted by Crippen LogP contribution is -2.20. The van der Waals surface area contributed by atoms with Crippen LogP contribution in [0.4, 0.5) is 16.2 Å². The first kappa shape index (κ1) is 23.4. The van der Waals surface area contributed by atoms with Crippen molar-refractivity contribution < 1.29 is 9.53 Å². The minimum Gasteiger partial charge on any atom is -0.492 e. The van der Waals surface area contributed by atoms with E-state index in [1.807, 2.05) is 62.4 Å². The summed E-state index contributed by atoms with van der Waals surface area (Å²) in [4.78, 5) is 14.5. The minimum absolute atomic E-state index is 0.328. The van der Waals surface area contributed by atoms with Crippen molar-refractivity contribution in [3.8, 4) is 17.0 Å². The largest absolute Gasteiger partial charge is 0.492 e. The summed E-state index contributed by atoms with van der Waals surface area (Å²) in [5.74, 6) is 0.674. The fraction of sp³-hybridized carbons (Fsp3) is 0.273. The third-order valence-electron chi connectivity index (χ3n) is 4.55. The topological polar surface area (TPSA) is 71.4 Å². The number of rotatable bonds is 8. The third kappa shape index (κ3) is 6.34. The van der Waals surface area contributed by atoms with Crippen molar-refractivity contribution in [1.29, 1.82) is 0 Å². The Balaban J connectivity index is 1.80. The monoisotopic (exact) mass is 553 g/mol. The number of nitrogens with one attached hydrogen (secondary N) is 2. The molecule has 2 amide bonds. The van der Waals surface area contributed by atoms with Crippen molar-refractivity contribution in [2.75, 3.05) is 37.9 Å². The molecule has 0 atom stereocenters. The van der Waals surface area contributed by atoms with Gasteiger partial charge in [0.1, 0.15) is 12.4 Å². The lowest BCUT2D eigenvalue weighted by atomic mass is 10.1. The molecule has 2 aromatic carbocycles. The average Bonchev–Trinajstić information content (AvgIpc) is 3.07. The number of aryl methyl sites for hydroxylation is 1. The van der Waals surface area contributed by atoms with Crippen LogP contribution in [-0.2, 0) is 11.5 Å². The molecule has 0 fully saturated rings. The molecule has 1 heterocycles. The number of carbonyl (C=O) groups excluding carboxylic acids is 1. The van der Waals surface area contributed by atoms with Crippen LogP contribution in [0.2, 0.25) is 5.02 Å². The molecule has 0 aliphatic carbocycles. The first-order chi connectivity index (χ1) is 14.9. The number of hydrogen-bond donors (Lipinski definition) is 2. The molecule has 0 bridgehead atoms. The molecule has 164 valence electrons. The molecule has 3 aromatic rings. The molecule has 3 rings (SSSR count). The van der Waals surface area contributed by atoms with Crippen LogP contribution < -0.4 is 15.4 Å². The average molecular weight is 554 g/mol. The van der Waals surface area contributed by atoms with Gasteiger partial charge in [0.25, 0.3) is 0 Å². The second-order valence-corrected chi connectivity index (χ2v) is 8.41. The predicted octanol–water partition coefficient (Wildman–Crippen LogP) is 5.26. The van der Waals surface area contributed by atoms with Gasteiger partial charge in [-0.25, -0.2) is 4.79 Å². The molecule has 2 N–H and O–H groups in total. The van der Waals surface area contributed by atoms with E-state index < -0.39 is 0 Å². The van der Waals surface area contributed by atoms with Crippen molar-refractivity contribution in [3.63, 3.8) is 0 Å². The molecule has 0 saturated heterocycles. The van der Waals surface area contributed by atoms with Gasteiger partial charge in [-0.1, -0.05) is 46.3 Å². The zero-order valence-electron chi connectivity index (χ0n) is 17.7. The minimum atomic E-state index is -0.328. The molecular formula is C22H25ClIN5O2. The van der Waals surface area contributed by atoms with E-state index in [0.717, 1.165) is 27.9 Å². The first-order valence-corrected chi connectivity index (χ1v) is 11.6. The molecule has 0 radical (unpaired) electrons. The molecule has 0 unspecified atom stereocenters. The molecule has 31 heavy (non-hydrogen) atoms. The number of ether oxygens (including phenoxy) is 1. The smallest absolute Gasteiger partial charge is 0.323 e. The van der Waals surface area contributed by atoms with E-state index in [-0.39, 0.29) is 6.03 Å². The first-order valence-electron chi connectivity index (χ1n) is 9.69. The third-order valence-corrected chi connectivity index (χ3v) is 5.71. The van der Waals surface area contributed by atoms with E-state index in [1.54, 1.807) is 16.9 Å². The quantitative estimate of drug-likeness (QED) is 0.295. The van der Waals surface area contributed by atoms with Gasteiger partial charge in [0.15, 0.2) is 0 Å². The number of amides is 2. The highest BCUT2D eigenvalue weighted by molar-refractivity contribution is 14.1. The van der Waals surface area contributed by atoms with Crippen LogP contribution in [-0.4, -0.2) is 48.0 Å². The zero-order valence-corrected chi connectivity index (χ0v) is 20.6. The van der Waals surface area contributed by atoms with E-state index >= 15 is 0 Å². The molecule has 0 spiro atoms. The number of benzene rings is 2. The Morgan fingerprint density at radius 1 is 1.16 bits per heavy atom. The molecule has 9 heteroatoms. The van der Waals surface area contributed by atoms with Gasteiger partial charge in [0.2, 0.25) is 0 Å². The summed E-state index contributed by atoms with van der Waals surface area (Å²) in [5.41, 5.74) is 4.03. The SMILES string of the molecule is CN(C)CCOc1ccc(NC(=O)Nc2ccc(CI)cc2)cc1-c1c(Cl)cnn1C. The summed E-state index contributed by atoms with van der Waals surface area (Å²) in [5, 5.41) is 10.5. The number of urea groups is 1. The Morgan fingerprint density at radius 2 is 1.84 bits per heavy atom. The second kappa shape index (κ2) is 10.8. The summed E-state index contributed by atoms with van der Waals surface area (Å²) < 4.78 is 8.60. The van der Waals surface area contributed by atoms with Gasteiger partial charge >= 0.3 is 6.03 Å². The molecule has 0 aliphatic rings. The molecule has 0 saturated carbocycles. The number of carbonyl (C=O) groups is 1. The Labute approximate surface area is 200 Å². The highest BCUT2D eigenvalue weighted by Crippen LogP contribution is 2.36. The van der Waals surface area contributed by atoms with Crippen LogP contribution in [0.1, 0.15) is 5.56 Å². The van der Waals surface area contributed by atoms with Crippen molar-refractivity contribution in [2.45, 2.75) is 4.43 Å². The van der Waals surface area contributed by atoms with Crippen molar-refractivity contribution in [1.82, 2.24) is 14.7 Å². The van der Waals surface area contributed by atoms with Crippen LogP contribution in [0, 0.1) is 0 Å². The van der Waals surface area contributed by atoms with Crippen molar-refractivity contribution in [2.24, 2.45) is 7.05 Å². The van der Waals surface area contributed by atoms with Gasteiger partial charge in [-0.05, 0) is 50.0 Å². The zero-order chi connectivity index (χ0) is 22.4. The fourth-order valence-corrected chi connectivity index (χ4v) is 3.72. The molecular weight excluding hydrogens is 529 g/mol. The van der Waals surface area contributed by atoms with E-state index in [9.17, 15) is 4.79 Å². The van der Waals surface area contributed by atoms with Crippen molar-refractivity contribution >= 4 is 51.6 Å². The summed E-state index contributed by atoms with van der Waals surface area (Å²) in [6.07, 6.45) is 1.59. The van der Waals surface area contributed by atoms with Crippen LogP contribution >= 0.6 is 34.2 Å². The normalized spacial score (nSPS) is 10.9. The Bertz CT molecular complexity index is 1020. The highest BCUT2D eigenvalue weighted by Gasteiger charge is 2.16. The number of nitrogens with zero attached hydrogens (tertiary/aromatic N) is 3. The van der Waals surface area contributed by atoms with Gasteiger partial charge < -0.3 is 20.3 Å². The lowest BCUT2D eigenvalue weighted by molar-refractivity contribution is 0.261. The number of anilines is 2. The lowest BCUT2D eigenvalue weighted by Gasteiger charge is -2.16.